The lowest BCUT2D eigenvalue weighted by Gasteiger charge is -2.11. The fourth-order valence-corrected chi connectivity index (χ4v) is 5.94. The zero-order chi connectivity index (χ0) is 25.7. The molecule has 0 unspecified atom stereocenters. The normalized spacial score (nSPS) is 12.3. The van der Waals surface area contributed by atoms with Gasteiger partial charge in [0.25, 0.3) is 10.0 Å². The molecule has 9 nitrogen and oxygen atoms in total. The lowest BCUT2D eigenvalue weighted by atomic mass is 10.1. The summed E-state index contributed by atoms with van der Waals surface area (Å²) in [7, 11) is -7.58. The van der Waals surface area contributed by atoms with Gasteiger partial charge in [-0.15, -0.1) is 0 Å². The summed E-state index contributed by atoms with van der Waals surface area (Å²) in [5.41, 5.74) is 3.41. The van der Waals surface area contributed by atoms with Crippen molar-refractivity contribution in [1.29, 1.82) is 0 Å². The van der Waals surface area contributed by atoms with Crippen molar-refractivity contribution in [3.63, 3.8) is 0 Å². The molecule has 3 heterocycles. The van der Waals surface area contributed by atoms with Gasteiger partial charge in [-0.25, -0.2) is 30.8 Å². The SMILES string of the molecule is CCn1nccc1-c1cc(-c2cccc3c2ccn3S(=O)(=O)c2ccc(C)cc2)nc(S(C)(=O)=O)n1. The smallest absolute Gasteiger partial charge is 0.264 e. The number of fused-ring (bicyclic) bond motifs is 1. The lowest BCUT2D eigenvalue weighted by Crippen LogP contribution is -2.11. The van der Waals surface area contributed by atoms with Crippen molar-refractivity contribution in [2.24, 2.45) is 0 Å². The van der Waals surface area contributed by atoms with Crippen LogP contribution in [0.15, 0.2) is 83.1 Å². The molecule has 0 aliphatic rings. The Morgan fingerprint density at radius 1 is 0.889 bits per heavy atom. The van der Waals surface area contributed by atoms with E-state index in [0.717, 1.165) is 11.8 Å². The van der Waals surface area contributed by atoms with Crippen LogP contribution in [-0.2, 0) is 26.4 Å². The van der Waals surface area contributed by atoms with Crippen LogP contribution in [0.25, 0.3) is 33.5 Å². The number of rotatable bonds is 6. The third-order valence-electron chi connectivity index (χ3n) is 5.87. The Morgan fingerprint density at radius 2 is 1.61 bits per heavy atom. The molecule has 11 heteroatoms. The first-order valence-electron chi connectivity index (χ1n) is 11.1. The van der Waals surface area contributed by atoms with Gasteiger partial charge < -0.3 is 0 Å². The molecule has 3 aromatic heterocycles. The molecular formula is C25H23N5O4S2. The van der Waals surface area contributed by atoms with Crippen LogP contribution in [0.5, 0.6) is 0 Å². The zero-order valence-corrected chi connectivity index (χ0v) is 21.5. The molecular weight excluding hydrogens is 498 g/mol. The minimum absolute atomic E-state index is 0.174. The summed E-state index contributed by atoms with van der Waals surface area (Å²) < 4.78 is 54.6. The van der Waals surface area contributed by atoms with Crippen molar-refractivity contribution < 1.29 is 16.8 Å². The topological polar surface area (TPSA) is 117 Å². The molecule has 184 valence electrons. The van der Waals surface area contributed by atoms with Crippen molar-refractivity contribution >= 4 is 30.8 Å². The van der Waals surface area contributed by atoms with E-state index in [1.54, 1.807) is 71.5 Å². The van der Waals surface area contributed by atoms with Gasteiger partial charge in [0.2, 0.25) is 15.0 Å². The fourth-order valence-electron chi connectivity index (χ4n) is 4.06. The number of benzene rings is 2. The first-order valence-corrected chi connectivity index (χ1v) is 14.5. The van der Waals surface area contributed by atoms with Gasteiger partial charge in [-0.05, 0) is 50.2 Å². The summed E-state index contributed by atoms with van der Waals surface area (Å²) in [4.78, 5) is 8.81. The predicted octanol–water partition coefficient (Wildman–Crippen LogP) is 3.93. The molecule has 0 amide bonds. The average Bonchev–Trinajstić information content (AvgIpc) is 3.51. The van der Waals surface area contributed by atoms with Gasteiger partial charge in [0.1, 0.15) is 0 Å². The fraction of sp³-hybridized carbons (Fsp3) is 0.160. The second-order valence-corrected chi connectivity index (χ2v) is 12.1. The van der Waals surface area contributed by atoms with Gasteiger partial charge in [0.15, 0.2) is 0 Å². The van der Waals surface area contributed by atoms with Crippen LogP contribution in [0.2, 0.25) is 0 Å². The van der Waals surface area contributed by atoms with Crippen LogP contribution in [-0.4, -0.2) is 46.8 Å². The largest absolute Gasteiger partial charge is 0.268 e. The number of aromatic nitrogens is 5. The molecule has 0 aliphatic heterocycles. The second kappa shape index (κ2) is 8.68. The van der Waals surface area contributed by atoms with E-state index in [9.17, 15) is 16.8 Å². The molecule has 0 saturated heterocycles. The van der Waals surface area contributed by atoms with E-state index < -0.39 is 19.9 Å². The zero-order valence-electron chi connectivity index (χ0n) is 19.8. The average molecular weight is 522 g/mol. The summed E-state index contributed by atoms with van der Waals surface area (Å²) in [5, 5.41) is 4.55. The van der Waals surface area contributed by atoms with Gasteiger partial charge in [0, 0.05) is 36.1 Å². The molecule has 0 aliphatic carbocycles. The van der Waals surface area contributed by atoms with Gasteiger partial charge >= 0.3 is 0 Å². The number of aryl methyl sites for hydroxylation is 2. The highest BCUT2D eigenvalue weighted by Gasteiger charge is 2.22. The quantitative estimate of drug-likeness (QED) is 0.311. The first-order chi connectivity index (χ1) is 17.1. The van der Waals surface area contributed by atoms with Crippen molar-refractivity contribution in [1.82, 2.24) is 23.7 Å². The molecule has 0 N–H and O–H groups in total. The van der Waals surface area contributed by atoms with E-state index in [1.165, 1.54) is 10.2 Å². The van der Waals surface area contributed by atoms with Crippen LogP contribution in [0.1, 0.15) is 12.5 Å². The molecule has 0 radical (unpaired) electrons. The predicted molar refractivity (Wildman–Crippen MR) is 137 cm³/mol. The summed E-state index contributed by atoms with van der Waals surface area (Å²) in [6, 6.07) is 17.0. The van der Waals surface area contributed by atoms with E-state index in [0.29, 0.717) is 40.1 Å². The van der Waals surface area contributed by atoms with E-state index in [4.69, 9.17) is 0 Å². The molecule has 2 aromatic carbocycles. The molecule has 0 atom stereocenters. The summed E-state index contributed by atoms with van der Waals surface area (Å²) in [6.45, 7) is 4.39. The summed E-state index contributed by atoms with van der Waals surface area (Å²) >= 11 is 0. The Kier molecular flexibility index (Phi) is 5.76. The molecule has 0 fully saturated rings. The maximum atomic E-state index is 13.4. The number of hydrogen-bond acceptors (Lipinski definition) is 7. The molecule has 0 bridgehead atoms. The standard InChI is InChI=1S/C25H23N5O4S2/c1-4-29-24(12-14-26-29)22-16-21(27-25(28-22)35(3,31)32)19-6-5-7-23-20(19)13-15-30(23)36(33,34)18-10-8-17(2)9-11-18/h5-16H,4H2,1-3H3. The van der Waals surface area contributed by atoms with Crippen LogP contribution < -0.4 is 0 Å². The third kappa shape index (κ3) is 4.10. The van der Waals surface area contributed by atoms with Gasteiger partial charge in [-0.3, -0.25) is 4.68 Å². The number of sulfone groups is 1. The highest BCUT2D eigenvalue weighted by molar-refractivity contribution is 7.90. The minimum Gasteiger partial charge on any atom is -0.264 e. The Hall–Kier alpha value is -3.83. The highest BCUT2D eigenvalue weighted by atomic mass is 32.2. The van der Waals surface area contributed by atoms with E-state index >= 15 is 0 Å². The summed E-state index contributed by atoms with van der Waals surface area (Å²) in [5.74, 6) is 0. The highest BCUT2D eigenvalue weighted by Crippen LogP contribution is 2.32. The number of hydrogen-bond donors (Lipinski definition) is 0. The van der Waals surface area contributed by atoms with Crippen LogP contribution in [0.3, 0.4) is 0 Å². The van der Waals surface area contributed by atoms with Crippen molar-refractivity contribution in [3.05, 3.63) is 78.6 Å². The Bertz CT molecular complexity index is 1820. The third-order valence-corrected chi connectivity index (χ3v) is 8.42. The summed E-state index contributed by atoms with van der Waals surface area (Å²) in [6.07, 6.45) is 4.17. The first kappa shape index (κ1) is 23.9. The van der Waals surface area contributed by atoms with Crippen LogP contribution >= 0.6 is 0 Å². The Labute approximate surface area is 209 Å². The Morgan fingerprint density at radius 3 is 2.31 bits per heavy atom. The Balaban J connectivity index is 1.72. The molecule has 5 aromatic rings. The van der Waals surface area contributed by atoms with Crippen molar-refractivity contribution in [2.75, 3.05) is 6.26 Å². The van der Waals surface area contributed by atoms with Crippen LogP contribution in [0, 0.1) is 6.92 Å². The molecule has 0 saturated carbocycles. The van der Waals surface area contributed by atoms with Crippen molar-refractivity contribution in [3.8, 4) is 22.6 Å². The van der Waals surface area contributed by atoms with Crippen LogP contribution in [0.4, 0.5) is 0 Å². The van der Waals surface area contributed by atoms with E-state index in [2.05, 4.69) is 15.1 Å². The molecule has 0 spiro atoms. The number of nitrogens with zero attached hydrogens (tertiary/aromatic N) is 5. The van der Waals surface area contributed by atoms with Gasteiger partial charge in [0.05, 0.1) is 27.5 Å². The maximum Gasteiger partial charge on any atom is 0.268 e. The maximum absolute atomic E-state index is 13.4. The monoisotopic (exact) mass is 521 g/mol. The van der Waals surface area contributed by atoms with Gasteiger partial charge in [-0.1, -0.05) is 29.8 Å². The van der Waals surface area contributed by atoms with E-state index in [-0.39, 0.29) is 10.1 Å². The van der Waals surface area contributed by atoms with Crippen molar-refractivity contribution in [2.45, 2.75) is 30.4 Å². The molecule has 5 rings (SSSR count). The van der Waals surface area contributed by atoms with E-state index in [1.807, 2.05) is 13.8 Å². The van der Waals surface area contributed by atoms with Gasteiger partial charge in [-0.2, -0.15) is 5.10 Å². The molecule has 36 heavy (non-hydrogen) atoms. The lowest BCUT2D eigenvalue weighted by molar-refractivity contribution is 0.588. The minimum atomic E-state index is -3.85. The second-order valence-electron chi connectivity index (χ2n) is 8.39.